The molecule has 0 atom stereocenters. The summed E-state index contributed by atoms with van der Waals surface area (Å²) in [6, 6.07) is 8.85. The lowest BCUT2D eigenvalue weighted by Gasteiger charge is -2.36. The number of aryl methyl sites for hydroxylation is 1. The van der Waals surface area contributed by atoms with E-state index in [9.17, 15) is 0 Å². The van der Waals surface area contributed by atoms with Crippen molar-refractivity contribution >= 4 is 35.6 Å². The highest BCUT2D eigenvalue weighted by Crippen LogP contribution is 2.18. The monoisotopic (exact) mass is 573 g/mol. The number of methoxy groups -OCH3 is 1. The van der Waals surface area contributed by atoms with Crippen LogP contribution in [0.1, 0.15) is 31.2 Å². The molecule has 0 aliphatic carbocycles. The van der Waals surface area contributed by atoms with Crippen LogP contribution in [0.25, 0.3) is 0 Å². The van der Waals surface area contributed by atoms with E-state index in [1.807, 2.05) is 7.05 Å². The summed E-state index contributed by atoms with van der Waals surface area (Å²) >= 11 is 0. The van der Waals surface area contributed by atoms with Crippen molar-refractivity contribution in [1.29, 1.82) is 0 Å². The third-order valence-electron chi connectivity index (χ3n) is 6.47. The first-order valence-electron chi connectivity index (χ1n) is 12.3. The number of hydrogen-bond donors (Lipinski definition) is 1. The van der Waals surface area contributed by atoms with Crippen molar-refractivity contribution in [1.82, 2.24) is 15.1 Å². The van der Waals surface area contributed by atoms with Gasteiger partial charge in [-0.25, -0.2) is 0 Å². The van der Waals surface area contributed by atoms with E-state index in [0.717, 1.165) is 97.2 Å². The number of ether oxygens (including phenoxy) is 2. The predicted molar refractivity (Wildman–Crippen MR) is 148 cm³/mol. The molecule has 2 aliphatic rings. The van der Waals surface area contributed by atoms with Crippen LogP contribution < -0.4 is 10.2 Å². The van der Waals surface area contributed by atoms with Gasteiger partial charge >= 0.3 is 0 Å². The van der Waals surface area contributed by atoms with Crippen LogP contribution in [0.15, 0.2) is 29.3 Å². The van der Waals surface area contributed by atoms with Gasteiger partial charge in [0.15, 0.2) is 5.96 Å². The molecule has 0 amide bonds. The van der Waals surface area contributed by atoms with Crippen molar-refractivity contribution < 1.29 is 9.47 Å². The average Bonchev–Trinajstić information content (AvgIpc) is 2.83. The van der Waals surface area contributed by atoms with Gasteiger partial charge in [-0.2, -0.15) is 0 Å². The zero-order valence-corrected chi connectivity index (χ0v) is 23.1. The van der Waals surface area contributed by atoms with Gasteiger partial charge in [0.2, 0.25) is 0 Å². The summed E-state index contributed by atoms with van der Waals surface area (Å²) in [5.41, 5.74) is 2.70. The normalized spacial score (nSPS) is 18.3. The lowest BCUT2D eigenvalue weighted by molar-refractivity contribution is 0.00991. The van der Waals surface area contributed by atoms with Crippen LogP contribution in [0.2, 0.25) is 0 Å². The predicted octanol–water partition coefficient (Wildman–Crippen LogP) is 3.22. The molecule has 0 spiro atoms. The van der Waals surface area contributed by atoms with Gasteiger partial charge in [0.05, 0.1) is 6.10 Å². The number of nitrogens with one attached hydrogen (secondary N) is 1. The highest BCUT2D eigenvalue weighted by Gasteiger charge is 2.22. The van der Waals surface area contributed by atoms with Crippen LogP contribution in [-0.2, 0) is 9.47 Å². The number of halogens is 1. The summed E-state index contributed by atoms with van der Waals surface area (Å²) in [6.07, 6.45) is 4.63. The molecular formula is C25H44IN5O2. The largest absolute Gasteiger partial charge is 0.385 e. The molecule has 0 bridgehead atoms. The molecule has 1 aromatic carbocycles. The molecule has 0 saturated carbocycles. The van der Waals surface area contributed by atoms with E-state index in [2.05, 4.69) is 56.2 Å². The molecule has 0 unspecified atom stereocenters. The molecule has 188 valence electrons. The Hall–Kier alpha value is -1.10. The molecule has 1 aromatic rings. The minimum atomic E-state index is 0. The molecule has 0 aromatic heterocycles. The number of rotatable bonds is 10. The molecule has 8 heteroatoms. The Labute approximate surface area is 217 Å². The van der Waals surface area contributed by atoms with E-state index in [1.54, 1.807) is 7.11 Å². The van der Waals surface area contributed by atoms with E-state index in [-0.39, 0.29) is 24.0 Å². The molecule has 2 heterocycles. The standard InChI is InChI=1S/C25H43N5O2.HI/c1-22-7-4-8-23(21-22)29-17-15-28(16-18-29)12-5-11-27-25(26-2)30-13-9-24(10-14-30)32-20-6-19-31-3;/h4,7-8,21,24H,5-6,9-20H2,1-3H3,(H,26,27);1H. The first-order valence-corrected chi connectivity index (χ1v) is 12.3. The summed E-state index contributed by atoms with van der Waals surface area (Å²) in [5, 5.41) is 3.58. The van der Waals surface area contributed by atoms with Gasteiger partial charge in [-0.1, -0.05) is 12.1 Å². The third kappa shape index (κ3) is 9.58. The van der Waals surface area contributed by atoms with Crippen molar-refractivity contribution in [3.05, 3.63) is 29.8 Å². The number of piperidine rings is 1. The number of likely N-dealkylation sites (tertiary alicyclic amines) is 1. The van der Waals surface area contributed by atoms with Crippen LogP contribution in [0.5, 0.6) is 0 Å². The Bertz CT molecular complexity index is 689. The highest BCUT2D eigenvalue weighted by atomic mass is 127. The van der Waals surface area contributed by atoms with Crippen LogP contribution in [0, 0.1) is 6.92 Å². The van der Waals surface area contributed by atoms with Crippen molar-refractivity contribution in [2.45, 2.75) is 38.7 Å². The summed E-state index contributed by atoms with van der Waals surface area (Å²) in [7, 11) is 3.63. The Kier molecular flexibility index (Phi) is 13.4. The third-order valence-corrected chi connectivity index (χ3v) is 6.47. The smallest absolute Gasteiger partial charge is 0.193 e. The lowest BCUT2D eigenvalue weighted by atomic mass is 10.1. The number of guanidine groups is 1. The number of aliphatic imine (C=N–C) groups is 1. The molecule has 33 heavy (non-hydrogen) atoms. The number of hydrogen-bond acceptors (Lipinski definition) is 5. The second kappa shape index (κ2) is 15.7. The Morgan fingerprint density at radius 1 is 1.06 bits per heavy atom. The summed E-state index contributed by atoms with van der Waals surface area (Å²) in [5.74, 6) is 1.03. The molecule has 0 radical (unpaired) electrons. The minimum absolute atomic E-state index is 0. The number of benzene rings is 1. The quantitative estimate of drug-likeness (QED) is 0.201. The molecule has 7 nitrogen and oxygen atoms in total. The molecule has 2 aliphatic heterocycles. The fraction of sp³-hybridized carbons (Fsp3) is 0.720. The molecule has 1 N–H and O–H groups in total. The van der Waals surface area contributed by atoms with Gasteiger partial charge in [-0.3, -0.25) is 9.89 Å². The van der Waals surface area contributed by atoms with Crippen LogP contribution in [0.3, 0.4) is 0 Å². The summed E-state index contributed by atoms with van der Waals surface area (Å²) in [6.45, 7) is 12.4. The van der Waals surface area contributed by atoms with Gasteiger partial charge in [-0.05, 0) is 56.8 Å². The fourth-order valence-electron chi connectivity index (χ4n) is 4.58. The topological polar surface area (TPSA) is 52.6 Å². The van der Waals surface area contributed by atoms with Gasteiger partial charge in [-0.15, -0.1) is 24.0 Å². The maximum Gasteiger partial charge on any atom is 0.193 e. The van der Waals surface area contributed by atoms with E-state index in [0.29, 0.717) is 6.10 Å². The first kappa shape index (κ1) is 28.1. The number of piperazine rings is 1. The average molecular weight is 574 g/mol. The summed E-state index contributed by atoms with van der Waals surface area (Å²) < 4.78 is 11.1. The van der Waals surface area contributed by atoms with Crippen LogP contribution >= 0.6 is 24.0 Å². The molecule has 2 saturated heterocycles. The minimum Gasteiger partial charge on any atom is -0.385 e. The maximum absolute atomic E-state index is 5.98. The number of nitrogens with zero attached hydrogens (tertiary/aromatic N) is 4. The maximum atomic E-state index is 5.98. The van der Waals surface area contributed by atoms with Gasteiger partial charge in [0.1, 0.15) is 0 Å². The van der Waals surface area contributed by atoms with E-state index in [1.165, 1.54) is 11.3 Å². The van der Waals surface area contributed by atoms with Gasteiger partial charge in [0.25, 0.3) is 0 Å². The zero-order chi connectivity index (χ0) is 22.6. The molecular weight excluding hydrogens is 529 g/mol. The lowest BCUT2D eigenvalue weighted by Crippen LogP contribution is -2.48. The van der Waals surface area contributed by atoms with Crippen molar-refractivity contribution in [3.8, 4) is 0 Å². The summed E-state index contributed by atoms with van der Waals surface area (Å²) in [4.78, 5) is 12.0. The van der Waals surface area contributed by atoms with E-state index < -0.39 is 0 Å². The van der Waals surface area contributed by atoms with E-state index >= 15 is 0 Å². The Balaban J connectivity index is 0.00000385. The Morgan fingerprint density at radius 2 is 1.82 bits per heavy atom. The second-order valence-electron chi connectivity index (χ2n) is 8.90. The van der Waals surface area contributed by atoms with E-state index in [4.69, 9.17) is 9.47 Å². The molecule has 2 fully saturated rings. The highest BCUT2D eigenvalue weighted by molar-refractivity contribution is 14.0. The van der Waals surface area contributed by atoms with Gasteiger partial charge < -0.3 is 24.6 Å². The van der Waals surface area contributed by atoms with Crippen molar-refractivity contribution in [2.24, 2.45) is 4.99 Å². The van der Waals surface area contributed by atoms with Gasteiger partial charge in [0, 0.05) is 78.9 Å². The van der Waals surface area contributed by atoms with Crippen molar-refractivity contribution in [3.63, 3.8) is 0 Å². The van der Waals surface area contributed by atoms with Crippen molar-refractivity contribution in [2.75, 3.05) is 84.6 Å². The first-order chi connectivity index (χ1) is 15.7. The Morgan fingerprint density at radius 3 is 2.48 bits per heavy atom. The van der Waals surface area contributed by atoms with Crippen LogP contribution in [-0.4, -0.2) is 102 Å². The number of anilines is 1. The SMILES string of the molecule is CN=C(NCCCN1CCN(c2cccc(C)c2)CC1)N1CCC(OCCCOC)CC1.I. The second-order valence-corrected chi connectivity index (χ2v) is 8.90. The molecule has 3 rings (SSSR count). The van der Waals surface area contributed by atoms with Crippen LogP contribution in [0.4, 0.5) is 5.69 Å². The zero-order valence-electron chi connectivity index (χ0n) is 20.8. The fourth-order valence-corrected chi connectivity index (χ4v) is 4.58.